The molecule has 20 heavy (non-hydrogen) atoms. The second-order valence-electron chi connectivity index (χ2n) is 4.62. The highest BCUT2D eigenvalue weighted by molar-refractivity contribution is 5.23. The third kappa shape index (κ3) is 3.36. The van der Waals surface area contributed by atoms with Crippen LogP contribution in [0.3, 0.4) is 0 Å². The van der Waals surface area contributed by atoms with Gasteiger partial charge in [0.15, 0.2) is 11.6 Å². The minimum absolute atomic E-state index is 0.0699. The average molecular weight is 283 g/mol. The van der Waals surface area contributed by atoms with Crippen LogP contribution in [0.15, 0.2) is 36.4 Å². The first kappa shape index (κ1) is 14.5. The number of benzene rings is 2. The monoisotopic (exact) mass is 283 g/mol. The second kappa shape index (κ2) is 6.05. The summed E-state index contributed by atoms with van der Waals surface area (Å²) < 4.78 is 52.8. The Bertz CT molecular complexity index is 613. The zero-order chi connectivity index (χ0) is 14.7. The van der Waals surface area contributed by atoms with E-state index in [9.17, 15) is 17.6 Å². The summed E-state index contributed by atoms with van der Waals surface area (Å²) >= 11 is 0. The van der Waals surface area contributed by atoms with Crippen LogP contribution in [0.4, 0.5) is 17.6 Å². The lowest BCUT2D eigenvalue weighted by Crippen LogP contribution is -2.26. The minimum atomic E-state index is -0.942. The lowest BCUT2D eigenvalue weighted by atomic mass is 9.99. The molecule has 0 bridgehead atoms. The Kier molecular flexibility index (Phi) is 4.39. The Labute approximate surface area is 114 Å². The molecule has 0 saturated carbocycles. The summed E-state index contributed by atoms with van der Waals surface area (Å²) in [4.78, 5) is 0. The summed E-state index contributed by atoms with van der Waals surface area (Å²) in [5.74, 6) is -3.25. The number of rotatable bonds is 4. The van der Waals surface area contributed by atoms with E-state index in [2.05, 4.69) is 0 Å². The molecule has 0 aliphatic carbocycles. The van der Waals surface area contributed by atoms with Crippen LogP contribution < -0.4 is 5.73 Å². The first-order valence-corrected chi connectivity index (χ1v) is 6.09. The van der Waals surface area contributed by atoms with Gasteiger partial charge in [-0.05, 0) is 36.1 Å². The van der Waals surface area contributed by atoms with Crippen LogP contribution in [0.25, 0.3) is 0 Å². The van der Waals surface area contributed by atoms with Gasteiger partial charge in [-0.15, -0.1) is 0 Å². The van der Waals surface area contributed by atoms with Crippen molar-refractivity contribution in [1.82, 2.24) is 0 Å². The van der Waals surface area contributed by atoms with Crippen molar-refractivity contribution < 1.29 is 17.6 Å². The van der Waals surface area contributed by atoms with Crippen molar-refractivity contribution in [2.24, 2.45) is 5.73 Å². The van der Waals surface area contributed by atoms with Gasteiger partial charge in [0.1, 0.15) is 11.6 Å². The average Bonchev–Trinajstić information content (AvgIpc) is 2.38. The molecule has 0 radical (unpaired) electrons. The maximum atomic E-state index is 13.5. The van der Waals surface area contributed by atoms with Crippen LogP contribution in [0.5, 0.6) is 0 Å². The lowest BCUT2D eigenvalue weighted by Gasteiger charge is -2.13. The Hall–Kier alpha value is -1.88. The van der Waals surface area contributed by atoms with E-state index in [1.54, 1.807) is 0 Å². The van der Waals surface area contributed by atoms with Crippen LogP contribution in [-0.4, -0.2) is 6.04 Å². The van der Waals surface area contributed by atoms with Crippen molar-refractivity contribution >= 4 is 0 Å². The van der Waals surface area contributed by atoms with Gasteiger partial charge in [0.05, 0.1) is 0 Å². The molecule has 0 spiro atoms. The van der Waals surface area contributed by atoms with Gasteiger partial charge in [-0.25, -0.2) is 17.6 Å². The molecule has 1 unspecified atom stereocenters. The molecule has 0 aliphatic heterocycles. The molecule has 0 aliphatic rings. The number of hydrogen-bond donors (Lipinski definition) is 1. The Morgan fingerprint density at radius 1 is 0.850 bits per heavy atom. The maximum Gasteiger partial charge on any atom is 0.162 e. The van der Waals surface area contributed by atoms with Crippen molar-refractivity contribution in [2.75, 3.05) is 0 Å². The Morgan fingerprint density at radius 3 is 2.25 bits per heavy atom. The minimum Gasteiger partial charge on any atom is -0.327 e. The van der Waals surface area contributed by atoms with Crippen molar-refractivity contribution in [1.29, 1.82) is 0 Å². The maximum absolute atomic E-state index is 13.5. The molecule has 5 heteroatoms. The first-order chi connectivity index (χ1) is 9.47. The van der Waals surface area contributed by atoms with E-state index in [0.29, 0.717) is 0 Å². The normalized spacial score (nSPS) is 12.4. The summed E-state index contributed by atoms with van der Waals surface area (Å²) in [7, 11) is 0. The predicted molar refractivity (Wildman–Crippen MR) is 68.1 cm³/mol. The van der Waals surface area contributed by atoms with Gasteiger partial charge in [-0.1, -0.05) is 18.2 Å². The van der Waals surface area contributed by atoms with E-state index in [1.165, 1.54) is 18.2 Å². The highest BCUT2D eigenvalue weighted by atomic mass is 19.2. The molecule has 2 rings (SSSR count). The van der Waals surface area contributed by atoms with Crippen LogP contribution >= 0.6 is 0 Å². The van der Waals surface area contributed by atoms with Crippen molar-refractivity contribution in [3.8, 4) is 0 Å². The van der Waals surface area contributed by atoms with Crippen LogP contribution in [0, 0.1) is 23.3 Å². The van der Waals surface area contributed by atoms with Crippen LogP contribution in [0.2, 0.25) is 0 Å². The molecule has 2 N–H and O–H groups in total. The van der Waals surface area contributed by atoms with Crippen molar-refractivity contribution in [3.63, 3.8) is 0 Å². The fraction of sp³-hybridized carbons (Fsp3) is 0.200. The van der Waals surface area contributed by atoms with Crippen molar-refractivity contribution in [3.05, 3.63) is 70.8 Å². The highest BCUT2D eigenvalue weighted by Crippen LogP contribution is 2.16. The molecule has 0 aromatic heterocycles. The third-order valence-electron chi connectivity index (χ3n) is 3.01. The smallest absolute Gasteiger partial charge is 0.162 e. The van der Waals surface area contributed by atoms with Gasteiger partial charge in [0.25, 0.3) is 0 Å². The molecule has 0 fully saturated rings. The molecule has 106 valence electrons. The molecule has 0 heterocycles. The summed E-state index contributed by atoms with van der Waals surface area (Å²) in [6, 6.07) is 6.44. The second-order valence-corrected chi connectivity index (χ2v) is 4.62. The summed E-state index contributed by atoms with van der Waals surface area (Å²) in [5, 5.41) is 0. The fourth-order valence-corrected chi connectivity index (χ4v) is 2.03. The van der Waals surface area contributed by atoms with E-state index in [0.717, 1.165) is 18.2 Å². The SMILES string of the molecule is NC(Cc1ccc(F)cc1F)Cc1cccc(F)c1F. The van der Waals surface area contributed by atoms with Crippen LogP contribution in [-0.2, 0) is 12.8 Å². The molecule has 2 aromatic rings. The molecule has 0 saturated heterocycles. The van der Waals surface area contributed by atoms with Crippen molar-refractivity contribution in [2.45, 2.75) is 18.9 Å². The van der Waals surface area contributed by atoms with Crippen LogP contribution in [0.1, 0.15) is 11.1 Å². The van der Waals surface area contributed by atoms with Gasteiger partial charge in [0.2, 0.25) is 0 Å². The third-order valence-corrected chi connectivity index (χ3v) is 3.01. The van der Waals surface area contributed by atoms with Gasteiger partial charge >= 0.3 is 0 Å². The van der Waals surface area contributed by atoms with E-state index in [1.807, 2.05) is 0 Å². The van der Waals surface area contributed by atoms with Gasteiger partial charge in [0, 0.05) is 12.1 Å². The van der Waals surface area contributed by atoms with E-state index in [4.69, 9.17) is 5.73 Å². The largest absolute Gasteiger partial charge is 0.327 e. The zero-order valence-corrected chi connectivity index (χ0v) is 10.5. The molecule has 0 amide bonds. The number of hydrogen-bond acceptors (Lipinski definition) is 1. The zero-order valence-electron chi connectivity index (χ0n) is 10.5. The number of halogens is 4. The fourth-order valence-electron chi connectivity index (χ4n) is 2.03. The quantitative estimate of drug-likeness (QED) is 0.856. The first-order valence-electron chi connectivity index (χ1n) is 6.09. The molecule has 1 nitrogen and oxygen atoms in total. The predicted octanol–water partition coefficient (Wildman–Crippen LogP) is 3.36. The lowest BCUT2D eigenvalue weighted by molar-refractivity contribution is 0.491. The summed E-state index contributed by atoms with van der Waals surface area (Å²) in [6.45, 7) is 0. The molecule has 1 atom stereocenters. The van der Waals surface area contributed by atoms with Gasteiger partial charge in [-0.3, -0.25) is 0 Å². The van der Waals surface area contributed by atoms with Gasteiger partial charge in [-0.2, -0.15) is 0 Å². The molecular weight excluding hydrogens is 270 g/mol. The van der Waals surface area contributed by atoms with E-state index in [-0.39, 0.29) is 24.0 Å². The van der Waals surface area contributed by atoms with Gasteiger partial charge < -0.3 is 5.73 Å². The Balaban J connectivity index is 2.09. The standard InChI is InChI=1S/C15H13F4N/c16-11-5-4-9(14(18)8-11)6-12(20)7-10-2-1-3-13(17)15(10)19/h1-5,8,12H,6-7,20H2. The van der Waals surface area contributed by atoms with E-state index < -0.39 is 29.3 Å². The topological polar surface area (TPSA) is 26.0 Å². The molecule has 2 aromatic carbocycles. The van der Waals surface area contributed by atoms with E-state index >= 15 is 0 Å². The highest BCUT2D eigenvalue weighted by Gasteiger charge is 2.14. The number of nitrogens with two attached hydrogens (primary N) is 1. The summed E-state index contributed by atoms with van der Waals surface area (Å²) in [5.41, 5.74) is 6.20. The Morgan fingerprint density at radius 2 is 1.55 bits per heavy atom. The summed E-state index contributed by atoms with van der Waals surface area (Å²) in [6.07, 6.45) is 0.183. The molecular formula is C15H13F4N.